The molecule has 4 aromatic rings. The van der Waals surface area contributed by atoms with E-state index in [1.807, 2.05) is 52.0 Å². The zero-order valence-corrected chi connectivity index (χ0v) is 40.4. The number of carbonyl (C=O) groups is 6. The molecule has 0 saturated carbocycles. The number of benzene rings is 4. The minimum Gasteiger partial charge on any atom is -0.493 e. The first-order valence-corrected chi connectivity index (χ1v) is 23.1. The number of hydrogen-bond acceptors (Lipinski definition) is 12. The second-order valence-electron chi connectivity index (χ2n) is 16.6. The number of nitrogens with one attached hydrogen (secondary N) is 4. The molecule has 0 heterocycles. The van der Waals surface area contributed by atoms with E-state index in [1.54, 1.807) is 24.3 Å². The summed E-state index contributed by atoms with van der Waals surface area (Å²) in [5.41, 5.74) is 7.24. The number of esters is 2. The van der Waals surface area contributed by atoms with Gasteiger partial charge >= 0.3 is 11.9 Å². The standard InChI is InChI=1S/C52H64N4O12/c1-9-13-65-49-33-17-37-25-43(55-45(59)29-47(61)63-7)27-39(51(37)67-15-11-3)19-35-23-42(54-32(6)58)24-36(50(35)66-14-10-2)20-40-28-44(56-46(60)30-48(62)64-8)26-38(52(40)68-16-12-4)18-34(49)22-41(21-33)53-31(5)57/h21-28H,9-20,29-30H2,1-8H3,(H,53,57)(H,54,58)(H,55,59)(H,56,60). The largest absolute Gasteiger partial charge is 0.493 e. The Hall–Kier alpha value is -7.10. The van der Waals surface area contributed by atoms with Crippen LogP contribution in [0.2, 0.25) is 0 Å². The summed E-state index contributed by atoms with van der Waals surface area (Å²) in [5, 5.41) is 11.7. The molecule has 8 bridgehead atoms. The van der Waals surface area contributed by atoms with Gasteiger partial charge in [-0.1, -0.05) is 27.7 Å². The molecule has 0 spiro atoms. The van der Waals surface area contributed by atoms with Crippen LogP contribution in [0.4, 0.5) is 22.7 Å². The van der Waals surface area contributed by atoms with E-state index in [4.69, 9.17) is 28.4 Å². The van der Waals surface area contributed by atoms with Gasteiger partial charge < -0.3 is 49.7 Å². The van der Waals surface area contributed by atoms with Crippen molar-refractivity contribution in [2.75, 3.05) is 61.9 Å². The van der Waals surface area contributed by atoms with Crippen LogP contribution in [0, 0.1) is 0 Å². The number of ether oxygens (including phenoxy) is 6. The second-order valence-corrected chi connectivity index (χ2v) is 16.6. The lowest BCUT2D eigenvalue weighted by molar-refractivity contribution is -0.144. The molecule has 0 aromatic heterocycles. The van der Waals surface area contributed by atoms with Gasteiger partial charge in [0.15, 0.2) is 0 Å². The van der Waals surface area contributed by atoms with E-state index < -0.39 is 36.6 Å². The van der Waals surface area contributed by atoms with Crippen LogP contribution in [0.3, 0.4) is 0 Å². The molecule has 68 heavy (non-hydrogen) atoms. The summed E-state index contributed by atoms with van der Waals surface area (Å²) in [6, 6.07) is 14.6. The predicted octanol–water partition coefficient (Wildman–Crippen LogP) is 8.44. The Kier molecular flexibility index (Phi) is 19.2. The van der Waals surface area contributed by atoms with E-state index in [1.165, 1.54) is 28.1 Å². The van der Waals surface area contributed by atoms with Gasteiger partial charge in [-0.15, -0.1) is 0 Å². The van der Waals surface area contributed by atoms with E-state index in [0.29, 0.717) is 142 Å². The average molecular weight is 937 g/mol. The molecular weight excluding hydrogens is 873 g/mol. The van der Waals surface area contributed by atoms with Gasteiger partial charge in [0.25, 0.3) is 0 Å². The Bertz CT molecular complexity index is 2230. The Morgan fingerprint density at radius 3 is 0.809 bits per heavy atom. The molecule has 0 unspecified atom stereocenters. The Labute approximate surface area is 398 Å². The molecule has 364 valence electrons. The first kappa shape index (κ1) is 51.9. The van der Waals surface area contributed by atoms with Crippen molar-refractivity contribution in [1.82, 2.24) is 0 Å². The van der Waals surface area contributed by atoms with Crippen molar-refractivity contribution in [1.29, 1.82) is 0 Å². The number of anilines is 4. The molecule has 4 aromatic carbocycles. The topological polar surface area (TPSA) is 206 Å². The van der Waals surface area contributed by atoms with E-state index in [9.17, 15) is 28.8 Å². The lowest BCUT2D eigenvalue weighted by atomic mass is 9.90. The first-order valence-electron chi connectivity index (χ1n) is 23.1. The molecule has 0 fully saturated rings. The lowest BCUT2D eigenvalue weighted by Gasteiger charge is -2.25. The van der Waals surface area contributed by atoms with Crippen molar-refractivity contribution < 1.29 is 57.2 Å². The van der Waals surface area contributed by atoms with Crippen molar-refractivity contribution >= 4 is 58.3 Å². The van der Waals surface area contributed by atoms with E-state index in [0.717, 1.165) is 0 Å². The molecule has 16 nitrogen and oxygen atoms in total. The van der Waals surface area contributed by atoms with Crippen LogP contribution in [-0.4, -0.2) is 76.2 Å². The zero-order chi connectivity index (χ0) is 49.3. The molecule has 1 aliphatic rings. The van der Waals surface area contributed by atoms with E-state index in [2.05, 4.69) is 21.3 Å². The van der Waals surface area contributed by atoms with Crippen molar-refractivity contribution in [2.45, 2.75) is 106 Å². The summed E-state index contributed by atoms with van der Waals surface area (Å²) in [5.74, 6) is -0.915. The van der Waals surface area contributed by atoms with E-state index in [-0.39, 0.29) is 37.5 Å². The van der Waals surface area contributed by atoms with Crippen molar-refractivity contribution in [3.63, 3.8) is 0 Å². The van der Waals surface area contributed by atoms with Crippen molar-refractivity contribution in [3.8, 4) is 23.0 Å². The minimum atomic E-state index is -0.698. The number of rotatable bonds is 20. The van der Waals surface area contributed by atoms with Gasteiger partial charge in [0, 0.05) is 107 Å². The van der Waals surface area contributed by atoms with E-state index >= 15 is 0 Å². The zero-order valence-electron chi connectivity index (χ0n) is 40.4. The van der Waals surface area contributed by atoms with Crippen LogP contribution in [0.5, 0.6) is 23.0 Å². The highest BCUT2D eigenvalue weighted by Gasteiger charge is 2.26. The second kappa shape index (κ2) is 25.1. The highest BCUT2D eigenvalue weighted by Crippen LogP contribution is 2.43. The maximum Gasteiger partial charge on any atom is 0.315 e. The Morgan fingerprint density at radius 2 is 0.618 bits per heavy atom. The molecule has 1 aliphatic carbocycles. The van der Waals surface area contributed by atoms with Crippen LogP contribution in [-0.2, 0) is 63.9 Å². The van der Waals surface area contributed by atoms with Gasteiger partial charge in [0.2, 0.25) is 23.6 Å². The third-order valence-electron chi connectivity index (χ3n) is 10.6. The highest BCUT2D eigenvalue weighted by atomic mass is 16.5. The van der Waals surface area contributed by atoms with Gasteiger partial charge in [-0.2, -0.15) is 0 Å². The summed E-state index contributed by atoms with van der Waals surface area (Å²) in [4.78, 5) is 76.6. The molecule has 0 atom stereocenters. The number of fused-ring (bicyclic) bond motifs is 8. The average Bonchev–Trinajstić information content (AvgIpc) is 3.27. The van der Waals surface area contributed by atoms with Crippen LogP contribution < -0.4 is 40.2 Å². The molecule has 4 amide bonds. The molecule has 4 N–H and O–H groups in total. The smallest absolute Gasteiger partial charge is 0.315 e. The van der Waals surface area contributed by atoms with Crippen molar-refractivity contribution in [2.24, 2.45) is 0 Å². The number of carbonyl (C=O) groups excluding carboxylic acids is 6. The fourth-order valence-corrected chi connectivity index (χ4v) is 7.96. The molecular formula is C52H64N4O12. The van der Waals surface area contributed by atoms with Gasteiger partial charge in [-0.25, -0.2) is 0 Å². The SMILES string of the molecule is CCCOc1c2cc(NC(C)=O)cc1Cc1cc(NC(=O)CC(=O)OC)cc(c1OCCC)Cc1cc(NC(C)=O)cc(c1OCCC)Cc1cc(NC(=O)CC(=O)OC)cc(c1OCCC)C2. The van der Waals surface area contributed by atoms with Gasteiger partial charge in [0.05, 0.1) is 40.6 Å². The quantitative estimate of drug-likeness (QED) is 0.0429. The maximum atomic E-state index is 13.3. The fraction of sp³-hybridized carbons (Fsp3) is 0.423. The Balaban J connectivity index is 1.95. The van der Waals surface area contributed by atoms with Crippen LogP contribution in [0.1, 0.15) is 125 Å². The summed E-state index contributed by atoms with van der Waals surface area (Å²) in [6.07, 6.45) is 2.47. The molecule has 0 aliphatic heterocycles. The molecule has 16 heteroatoms. The van der Waals surface area contributed by atoms with Gasteiger partial charge in [-0.05, 0) is 74.2 Å². The highest BCUT2D eigenvalue weighted by molar-refractivity contribution is 6.03. The number of methoxy groups -OCH3 is 2. The third-order valence-corrected chi connectivity index (χ3v) is 10.6. The Morgan fingerprint density at radius 1 is 0.397 bits per heavy atom. The minimum absolute atomic E-state index is 0.191. The summed E-state index contributed by atoms with van der Waals surface area (Å²) in [7, 11) is 2.43. The van der Waals surface area contributed by atoms with Crippen molar-refractivity contribution in [3.05, 3.63) is 93.0 Å². The predicted molar refractivity (Wildman–Crippen MR) is 259 cm³/mol. The third kappa shape index (κ3) is 14.4. The number of amides is 4. The van der Waals surface area contributed by atoms with Crippen LogP contribution in [0.15, 0.2) is 48.5 Å². The summed E-state index contributed by atoms with van der Waals surface area (Å²) in [6.45, 7) is 12.3. The molecule has 5 rings (SSSR count). The monoisotopic (exact) mass is 936 g/mol. The normalized spacial score (nSPS) is 11.6. The maximum absolute atomic E-state index is 13.3. The molecule has 0 saturated heterocycles. The van der Waals surface area contributed by atoms with Gasteiger partial charge in [0.1, 0.15) is 35.8 Å². The summed E-state index contributed by atoms with van der Waals surface area (Å²) >= 11 is 0. The van der Waals surface area contributed by atoms with Crippen LogP contribution in [0.25, 0.3) is 0 Å². The lowest BCUT2D eigenvalue weighted by Crippen LogP contribution is -2.18. The fourth-order valence-electron chi connectivity index (χ4n) is 7.96. The number of hydrogen-bond donors (Lipinski definition) is 4. The van der Waals surface area contributed by atoms with Gasteiger partial charge in [-0.3, -0.25) is 28.8 Å². The van der Waals surface area contributed by atoms with Crippen LogP contribution >= 0.6 is 0 Å². The molecule has 0 radical (unpaired) electrons. The first-order chi connectivity index (χ1) is 32.7. The summed E-state index contributed by atoms with van der Waals surface area (Å²) < 4.78 is 36.2.